The van der Waals surface area contributed by atoms with Gasteiger partial charge in [0.05, 0.1) is 10.4 Å². The molecule has 0 bridgehead atoms. The molecular weight excluding hydrogens is 281 g/mol. The van der Waals surface area contributed by atoms with Crippen LogP contribution in [0.4, 0.5) is 4.39 Å². The summed E-state index contributed by atoms with van der Waals surface area (Å²) in [5, 5.41) is 0. The number of benzene rings is 1. The maximum absolute atomic E-state index is 13.4. The summed E-state index contributed by atoms with van der Waals surface area (Å²) in [6, 6.07) is 5.95. The summed E-state index contributed by atoms with van der Waals surface area (Å²) in [7, 11) is 0. The van der Waals surface area contributed by atoms with Crippen LogP contribution in [0.3, 0.4) is 0 Å². The molecule has 0 aliphatic heterocycles. The number of aromatic nitrogens is 1. The van der Waals surface area contributed by atoms with E-state index in [9.17, 15) is 9.18 Å². The van der Waals surface area contributed by atoms with Crippen LogP contribution in [0.25, 0.3) is 0 Å². The maximum atomic E-state index is 13.4. The monoisotopic (exact) mass is 285 g/mol. The van der Waals surface area contributed by atoms with Gasteiger partial charge in [-0.15, -0.1) is 0 Å². The Morgan fingerprint density at radius 3 is 2.80 bits per heavy atom. The smallest absolute Gasteiger partial charge is 0.207 e. The molecule has 76 valence electrons. The van der Waals surface area contributed by atoms with Crippen LogP contribution in [0.5, 0.6) is 0 Å². The SMILES string of the molecule is O=C(c1ccns1)c1ccc(Br)cc1F. The molecule has 0 saturated heterocycles. The predicted molar refractivity (Wildman–Crippen MR) is 59.6 cm³/mol. The van der Waals surface area contributed by atoms with Gasteiger partial charge in [0.25, 0.3) is 0 Å². The van der Waals surface area contributed by atoms with Crippen LogP contribution in [0.2, 0.25) is 0 Å². The highest BCUT2D eigenvalue weighted by Gasteiger charge is 2.15. The lowest BCUT2D eigenvalue weighted by molar-refractivity contribution is 0.103. The van der Waals surface area contributed by atoms with Crippen molar-refractivity contribution >= 4 is 33.2 Å². The van der Waals surface area contributed by atoms with Gasteiger partial charge >= 0.3 is 0 Å². The zero-order valence-corrected chi connectivity index (χ0v) is 9.81. The number of rotatable bonds is 2. The molecule has 2 aromatic rings. The summed E-state index contributed by atoms with van der Waals surface area (Å²) < 4.78 is 17.8. The normalized spacial score (nSPS) is 10.3. The number of ketones is 1. The van der Waals surface area contributed by atoms with Gasteiger partial charge in [0, 0.05) is 10.7 Å². The van der Waals surface area contributed by atoms with Gasteiger partial charge in [-0.25, -0.2) is 8.76 Å². The first-order valence-corrected chi connectivity index (χ1v) is 5.65. The molecule has 5 heteroatoms. The molecule has 0 aliphatic rings. The van der Waals surface area contributed by atoms with Crippen LogP contribution in [0.15, 0.2) is 34.9 Å². The zero-order chi connectivity index (χ0) is 10.8. The van der Waals surface area contributed by atoms with E-state index >= 15 is 0 Å². The van der Waals surface area contributed by atoms with E-state index in [1.807, 2.05) is 0 Å². The summed E-state index contributed by atoms with van der Waals surface area (Å²) in [5.74, 6) is -0.856. The minimum Gasteiger partial charge on any atom is -0.288 e. The fraction of sp³-hybridized carbons (Fsp3) is 0. The minimum atomic E-state index is -0.525. The standard InChI is InChI=1S/C10H5BrFNOS/c11-6-1-2-7(8(12)5-6)10(14)9-3-4-13-15-9/h1-5H. The minimum absolute atomic E-state index is 0.0717. The lowest BCUT2D eigenvalue weighted by Crippen LogP contribution is -2.01. The Hall–Kier alpha value is -1.07. The Morgan fingerprint density at radius 1 is 1.40 bits per heavy atom. The van der Waals surface area contributed by atoms with Crippen molar-refractivity contribution in [3.8, 4) is 0 Å². The van der Waals surface area contributed by atoms with Gasteiger partial charge in [-0.1, -0.05) is 15.9 Å². The Kier molecular flexibility index (Phi) is 2.93. The second-order valence-electron chi connectivity index (χ2n) is 2.83. The lowest BCUT2D eigenvalue weighted by Gasteiger charge is -2.00. The number of carbonyl (C=O) groups excluding carboxylic acids is 1. The highest BCUT2D eigenvalue weighted by Crippen LogP contribution is 2.19. The molecule has 1 aromatic heterocycles. The predicted octanol–water partition coefficient (Wildman–Crippen LogP) is 3.28. The van der Waals surface area contributed by atoms with Crippen LogP contribution in [0.1, 0.15) is 15.2 Å². The molecule has 0 atom stereocenters. The van der Waals surface area contributed by atoms with Crippen molar-refractivity contribution in [3.63, 3.8) is 0 Å². The summed E-state index contributed by atoms with van der Waals surface area (Å²) >= 11 is 4.19. The number of hydrogen-bond donors (Lipinski definition) is 0. The molecule has 0 unspecified atom stereocenters. The third-order valence-electron chi connectivity index (χ3n) is 1.84. The fourth-order valence-electron chi connectivity index (χ4n) is 1.14. The van der Waals surface area contributed by atoms with Crippen molar-refractivity contribution in [2.24, 2.45) is 0 Å². The van der Waals surface area contributed by atoms with Gasteiger partial charge in [-0.2, -0.15) is 0 Å². The average molecular weight is 286 g/mol. The van der Waals surface area contributed by atoms with Crippen molar-refractivity contribution in [1.29, 1.82) is 0 Å². The second kappa shape index (κ2) is 4.20. The fourth-order valence-corrected chi connectivity index (χ4v) is 2.02. The van der Waals surface area contributed by atoms with Crippen LogP contribution >= 0.6 is 27.5 Å². The van der Waals surface area contributed by atoms with E-state index in [-0.39, 0.29) is 11.3 Å². The van der Waals surface area contributed by atoms with Crippen LogP contribution in [0, 0.1) is 5.82 Å². The Morgan fingerprint density at radius 2 is 2.20 bits per heavy atom. The van der Waals surface area contributed by atoms with E-state index in [0.29, 0.717) is 9.35 Å². The van der Waals surface area contributed by atoms with Gasteiger partial charge in [0.2, 0.25) is 5.78 Å². The quantitative estimate of drug-likeness (QED) is 0.793. The summed E-state index contributed by atoms with van der Waals surface area (Å²) in [6.45, 7) is 0. The highest BCUT2D eigenvalue weighted by atomic mass is 79.9. The molecule has 0 N–H and O–H groups in total. The Labute approximate surface area is 98.0 Å². The second-order valence-corrected chi connectivity index (χ2v) is 4.58. The first kappa shape index (κ1) is 10.4. The largest absolute Gasteiger partial charge is 0.288 e. The van der Waals surface area contributed by atoms with E-state index in [1.54, 1.807) is 12.1 Å². The van der Waals surface area contributed by atoms with Gasteiger partial charge in [-0.05, 0) is 35.8 Å². The molecule has 0 spiro atoms. The molecule has 0 radical (unpaired) electrons. The van der Waals surface area contributed by atoms with E-state index in [1.165, 1.54) is 18.3 Å². The van der Waals surface area contributed by atoms with E-state index in [0.717, 1.165) is 11.5 Å². The van der Waals surface area contributed by atoms with Gasteiger partial charge in [0.15, 0.2) is 0 Å². The molecule has 2 rings (SSSR count). The van der Waals surface area contributed by atoms with Crippen LogP contribution in [-0.2, 0) is 0 Å². The molecule has 0 saturated carbocycles. The summed E-state index contributed by atoms with van der Waals surface area (Å²) in [6.07, 6.45) is 1.52. The molecule has 15 heavy (non-hydrogen) atoms. The van der Waals surface area contributed by atoms with Crippen molar-refractivity contribution in [2.75, 3.05) is 0 Å². The molecule has 0 aliphatic carbocycles. The van der Waals surface area contributed by atoms with Crippen molar-refractivity contribution in [3.05, 3.63) is 51.2 Å². The summed E-state index contributed by atoms with van der Waals surface area (Å²) in [4.78, 5) is 12.2. The first-order chi connectivity index (χ1) is 7.18. The topological polar surface area (TPSA) is 30.0 Å². The van der Waals surface area contributed by atoms with Gasteiger partial charge < -0.3 is 0 Å². The Bertz CT molecular complexity index is 498. The lowest BCUT2D eigenvalue weighted by atomic mass is 10.1. The van der Waals surface area contributed by atoms with Gasteiger partial charge in [-0.3, -0.25) is 4.79 Å². The van der Waals surface area contributed by atoms with Crippen LogP contribution < -0.4 is 0 Å². The number of hydrogen-bond acceptors (Lipinski definition) is 3. The zero-order valence-electron chi connectivity index (χ0n) is 7.41. The number of halogens is 2. The first-order valence-electron chi connectivity index (χ1n) is 4.09. The third-order valence-corrected chi connectivity index (χ3v) is 3.08. The molecule has 1 aromatic carbocycles. The van der Waals surface area contributed by atoms with Gasteiger partial charge in [0.1, 0.15) is 5.82 Å². The van der Waals surface area contributed by atoms with E-state index < -0.39 is 5.82 Å². The Balaban J connectivity index is 2.42. The van der Waals surface area contributed by atoms with Crippen LogP contribution in [-0.4, -0.2) is 10.2 Å². The highest BCUT2D eigenvalue weighted by molar-refractivity contribution is 9.10. The molecule has 2 nitrogen and oxygen atoms in total. The molecule has 0 amide bonds. The average Bonchev–Trinajstić information content (AvgIpc) is 2.69. The van der Waals surface area contributed by atoms with Crippen molar-refractivity contribution in [1.82, 2.24) is 4.37 Å². The van der Waals surface area contributed by atoms with E-state index in [4.69, 9.17) is 0 Å². The summed E-state index contributed by atoms with van der Waals surface area (Å²) in [5.41, 5.74) is 0.0717. The van der Waals surface area contributed by atoms with Crippen molar-refractivity contribution in [2.45, 2.75) is 0 Å². The van der Waals surface area contributed by atoms with E-state index in [2.05, 4.69) is 20.3 Å². The maximum Gasteiger partial charge on any atom is 0.207 e. The van der Waals surface area contributed by atoms with Crippen molar-refractivity contribution < 1.29 is 9.18 Å². The number of carbonyl (C=O) groups is 1. The molecule has 1 heterocycles. The third kappa shape index (κ3) is 2.13. The molecule has 0 fully saturated rings. The number of nitrogens with zero attached hydrogens (tertiary/aromatic N) is 1. The molecular formula is C10H5BrFNOS.